The fourth-order valence-electron chi connectivity index (χ4n) is 1.57. The summed E-state index contributed by atoms with van der Waals surface area (Å²) in [6.45, 7) is 1.68. The third kappa shape index (κ3) is 2.13. The topological polar surface area (TPSA) is 49.9 Å². The molecular formula is C11H10ClNO2S. The Hall–Kier alpha value is -1.26. The minimum absolute atomic E-state index is 0.132. The van der Waals surface area contributed by atoms with Crippen molar-refractivity contribution in [3.05, 3.63) is 42.1 Å². The van der Waals surface area contributed by atoms with Crippen molar-refractivity contribution in [2.75, 3.05) is 0 Å². The predicted octanol–water partition coefficient (Wildman–Crippen LogP) is 2.92. The summed E-state index contributed by atoms with van der Waals surface area (Å²) in [7, 11) is 1.64. The Balaban J connectivity index is 2.55. The average Bonchev–Trinajstić information content (AvgIpc) is 2.61. The van der Waals surface area contributed by atoms with Crippen LogP contribution in [0, 0.1) is 6.92 Å². The molecule has 0 atom stereocenters. The molecule has 2 rings (SSSR count). The largest absolute Gasteiger partial charge is 0.358 e. The van der Waals surface area contributed by atoms with Crippen molar-refractivity contribution in [1.29, 1.82) is 0 Å². The Morgan fingerprint density at radius 1 is 1.19 bits per heavy atom. The predicted molar refractivity (Wildman–Crippen MR) is 64.0 cm³/mol. The summed E-state index contributed by atoms with van der Waals surface area (Å²) in [5.41, 5.74) is 2.23. The number of aromatic amines is 1. The van der Waals surface area contributed by atoms with Crippen LogP contribution < -0.4 is 0 Å². The molecule has 0 aliphatic heterocycles. The van der Waals surface area contributed by atoms with Crippen molar-refractivity contribution in [3.63, 3.8) is 0 Å². The molecule has 0 saturated heterocycles. The fourth-order valence-corrected chi connectivity index (χ4v) is 2.72. The van der Waals surface area contributed by atoms with Crippen LogP contribution in [0.5, 0.6) is 0 Å². The molecule has 0 amide bonds. The molecule has 1 N–H and O–H groups in total. The number of nitrogens with one attached hydrogen (secondary N) is 1. The van der Waals surface area contributed by atoms with Gasteiger partial charge in [-0.05, 0) is 18.6 Å². The molecule has 3 nitrogen and oxygen atoms in total. The first-order valence-electron chi connectivity index (χ1n) is 4.68. The lowest BCUT2D eigenvalue weighted by Gasteiger charge is -1.95. The van der Waals surface area contributed by atoms with Gasteiger partial charge in [0.2, 0.25) is 0 Å². The van der Waals surface area contributed by atoms with E-state index in [4.69, 9.17) is 10.7 Å². The van der Waals surface area contributed by atoms with E-state index in [0.29, 0.717) is 5.69 Å². The highest BCUT2D eigenvalue weighted by Crippen LogP contribution is 2.26. The summed E-state index contributed by atoms with van der Waals surface area (Å²) in [5.74, 6) is 0. The molecule has 16 heavy (non-hydrogen) atoms. The normalized spacial score (nSPS) is 11.6. The number of hydrogen-bond acceptors (Lipinski definition) is 2. The van der Waals surface area contributed by atoms with Crippen LogP contribution in [0.15, 0.2) is 41.3 Å². The van der Waals surface area contributed by atoms with Gasteiger partial charge in [-0.15, -0.1) is 0 Å². The van der Waals surface area contributed by atoms with Crippen molar-refractivity contribution in [2.45, 2.75) is 11.8 Å². The summed E-state index contributed by atoms with van der Waals surface area (Å²) in [6.07, 6.45) is 0. The Bertz CT molecular complexity index is 602. The molecule has 0 radical (unpaired) electrons. The van der Waals surface area contributed by atoms with Crippen LogP contribution in [0.25, 0.3) is 11.3 Å². The van der Waals surface area contributed by atoms with E-state index >= 15 is 0 Å². The minimum atomic E-state index is -3.68. The summed E-state index contributed by atoms with van der Waals surface area (Å²) in [4.78, 5) is 3.14. The number of aryl methyl sites for hydroxylation is 1. The molecular weight excluding hydrogens is 246 g/mol. The van der Waals surface area contributed by atoms with Gasteiger partial charge in [-0.2, -0.15) is 0 Å². The molecule has 0 fully saturated rings. The van der Waals surface area contributed by atoms with E-state index in [9.17, 15) is 8.42 Å². The highest BCUT2D eigenvalue weighted by molar-refractivity contribution is 8.13. The molecule has 2 aromatic rings. The number of halogens is 1. The standard InChI is InChI=1S/C11H10ClNO2S/c1-8-11(16(12,14)15)7-10(13-8)9-5-3-2-4-6-9/h2-7,13H,1H3. The molecule has 0 bridgehead atoms. The molecule has 0 aliphatic rings. The number of rotatable bonds is 2. The maximum absolute atomic E-state index is 11.2. The third-order valence-corrected chi connectivity index (χ3v) is 3.76. The lowest BCUT2D eigenvalue weighted by molar-refractivity contribution is 0.609. The Kier molecular flexibility index (Phi) is 2.78. The number of aromatic nitrogens is 1. The van der Waals surface area contributed by atoms with Crippen molar-refractivity contribution >= 4 is 19.7 Å². The number of hydrogen-bond donors (Lipinski definition) is 1. The smallest absolute Gasteiger partial charge is 0.263 e. The zero-order chi connectivity index (χ0) is 11.8. The molecule has 1 aromatic carbocycles. The van der Waals surface area contributed by atoms with Crippen LogP contribution >= 0.6 is 10.7 Å². The molecule has 84 valence electrons. The van der Waals surface area contributed by atoms with Crippen LogP contribution in [0.4, 0.5) is 0 Å². The maximum Gasteiger partial charge on any atom is 0.263 e. The van der Waals surface area contributed by atoms with E-state index in [1.807, 2.05) is 30.3 Å². The first-order valence-corrected chi connectivity index (χ1v) is 6.99. The molecule has 1 aromatic heterocycles. The summed E-state index contributed by atoms with van der Waals surface area (Å²) < 4.78 is 22.5. The molecule has 1 heterocycles. The second-order valence-corrected chi connectivity index (χ2v) is 6.01. The van der Waals surface area contributed by atoms with Crippen molar-refractivity contribution in [3.8, 4) is 11.3 Å². The van der Waals surface area contributed by atoms with Gasteiger partial charge in [0.05, 0.1) is 0 Å². The molecule has 5 heteroatoms. The van der Waals surface area contributed by atoms with Crippen LogP contribution in [0.1, 0.15) is 5.69 Å². The third-order valence-electron chi connectivity index (χ3n) is 2.31. The van der Waals surface area contributed by atoms with E-state index in [1.165, 1.54) is 0 Å². The molecule has 0 aliphatic carbocycles. The summed E-state index contributed by atoms with van der Waals surface area (Å²) >= 11 is 0. The van der Waals surface area contributed by atoms with Crippen LogP contribution in [0.3, 0.4) is 0 Å². The molecule has 0 unspecified atom stereocenters. The van der Waals surface area contributed by atoms with E-state index < -0.39 is 9.05 Å². The van der Waals surface area contributed by atoms with Crippen molar-refractivity contribution in [1.82, 2.24) is 4.98 Å². The highest BCUT2D eigenvalue weighted by Gasteiger charge is 2.16. The van der Waals surface area contributed by atoms with Gasteiger partial charge >= 0.3 is 0 Å². The molecule has 0 saturated carbocycles. The summed E-state index contributed by atoms with van der Waals surface area (Å²) in [5, 5.41) is 0. The Morgan fingerprint density at radius 3 is 2.31 bits per heavy atom. The quantitative estimate of drug-likeness (QED) is 0.839. The zero-order valence-electron chi connectivity index (χ0n) is 8.57. The fraction of sp³-hybridized carbons (Fsp3) is 0.0909. The molecule has 0 spiro atoms. The van der Waals surface area contributed by atoms with Gasteiger partial charge in [0, 0.05) is 22.1 Å². The number of H-pyrrole nitrogens is 1. The van der Waals surface area contributed by atoms with E-state index in [-0.39, 0.29) is 4.90 Å². The van der Waals surface area contributed by atoms with Gasteiger partial charge in [-0.25, -0.2) is 8.42 Å². The summed E-state index contributed by atoms with van der Waals surface area (Å²) in [6, 6.07) is 11.0. The highest BCUT2D eigenvalue weighted by atomic mass is 35.7. The first kappa shape index (κ1) is 11.2. The van der Waals surface area contributed by atoms with E-state index in [0.717, 1.165) is 11.3 Å². The lowest BCUT2D eigenvalue weighted by atomic mass is 10.2. The van der Waals surface area contributed by atoms with Crippen LogP contribution in [-0.2, 0) is 9.05 Å². The number of benzene rings is 1. The van der Waals surface area contributed by atoms with E-state index in [2.05, 4.69) is 4.98 Å². The van der Waals surface area contributed by atoms with Crippen LogP contribution in [0.2, 0.25) is 0 Å². The van der Waals surface area contributed by atoms with Gasteiger partial charge in [0.15, 0.2) is 0 Å². The first-order chi connectivity index (χ1) is 7.48. The van der Waals surface area contributed by atoms with E-state index in [1.54, 1.807) is 13.0 Å². The van der Waals surface area contributed by atoms with Gasteiger partial charge in [0.25, 0.3) is 9.05 Å². The van der Waals surface area contributed by atoms with Gasteiger partial charge in [0.1, 0.15) is 4.90 Å². The monoisotopic (exact) mass is 255 g/mol. The van der Waals surface area contributed by atoms with Crippen molar-refractivity contribution < 1.29 is 8.42 Å². The minimum Gasteiger partial charge on any atom is -0.358 e. The van der Waals surface area contributed by atoms with Gasteiger partial charge < -0.3 is 4.98 Å². The van der Waals surface area contributed by atoms with Crippen LogP contribution in [-0.4, -0.2) is 13.4 Å². The second-order valence-electron chi connectivity index (χ2n) is 3.48. The van der Waals surface area contributed by atoms with Gasteiger partial charge in [-0.1, -0.05) is 30.3 Å². The Labute approximate surface area is 98.5 Å². The Morgan fingerprint density at radius 2 is 1.81 bits per heavy atom. The zero-order valence-corrected chi connectivity index (χ0v) is 10.1. The SMILES string of the molecule is Cc1[nH]c(-c2ccccc2)cc1S(=O)(=O)Cl. The lowest BCUT2D eigenvalue weighted by Crippen LogP contribution is -1.89. The second kappa shape index (κ2) is 3.96. The van der Waals surface area contributed by atoms with Crippen molar-refractivity contribution in [2.24, 2.45) is 0 Å². The maximum atomic E-state index is 11.2. The van der Waals surface area contributed by atoms with Gasteiger partial charge in [-0.3, -0.25) is 0 Å². The average molecular weight is 256 g/mol.